The minimum absolute atomic E-state index is 0.113. The largest absolute Gasteiger partial charge is 0.449 e. The van der Waals surface area contributed by atoms with Gasteiger partial charge in [0, 0.05) is 23.4 Å². The number of piperidine rings is 1. The van der Waals surface area contributed by atoms with Gasteiger partial charge >= 0.3 is 6.09 Å². The molecule has 2 saturated heterocycles. The minimum atomic E-state index is -0.174. The first kappa shape index (κ1) is 28.4. The summed E-state index contributed by atoms with van der Waals surface area (Å²) in [4.78, 5) is 18.4. The molecule has 222 valence electrons. The van der Waals surface area contributed by atoms with Crippen LogP contribution in [0.15, 0.2) is 16.3 Å². The normalized spacial score (nSPS) is 46.1. The van der Waals surface area contributed by atoms with E-state index in [9.17, 15) is 4.79 Å². The number of hydrogen-bond acceptors (Lipinski definition) is 4. The molecule has 6 aliphatic rings. The summed E-state index contributed by atoms with van der Waals surface area (Å²) in [6.07, 6.45) is 13.5. The van der Waals surface area contributed by atoms with E-state index in [-0.39, 0.29) is 29.9 Å². The molecule has 40 heavy (non-hydrogen) atoms. The van der Waals surface area contributed by atoms with Crippen LogP contribution in [0.5, 0.6) is 0 Å². The van der Waals surface area contributed by atoms with Crippen LogP contribution >= 0.6 is 0 Å². The summed E-state index contributed by atoms with van der Waals surface area (Å²) in [6.45, 7) is 13.0. The van der Waals surface area contributed by atoms with E-state index in [0.29, 0.717) is 35.7 Å². The van der Waals surface area contributed by atoms with E-state index >= 15 is 0 Å². The Kier molecular flexibility index (Phi) is 7.70. The van der Waals surface area contributed by atoms with Gasteiger partial charge in [0.15, 0.2) is 0 Å². The minimum Gasteiger partial charge on any atom is -0.449 e. The van der Waals surface area contributed by atoms with Crippen molar-refractivity contribution in [3.05, 3.63) is 21.6 Å². The molecule has 0 unspecified atom stereocenters. The topological polar surface area (TPSA) is 87.5 Å². The van der Waals surface area contributed by atoms with Gasteiger partial charge in [0.1, 0.15) is 0 Å². The fourth-order valence-electron chi connectivity index (χ4n) is 10.8. The summed E-state index contributed by atoms with van der Waals surface area (Å²) >= 11 is 0. The van der Waals surface area contributed by atoms with Crippen molar-refractivity contribution in [2.45, 2.75) is 135 Å². The first-order valence-corrected chi connectivity index (χ1v) is 16.5. The van der Waals surface area contributed by atoms with Gasteiger partial charge in [0.05, 0.1) is 24.4 Å². The number of rotatable bonds is 4. The van der Waals surface area contributed by atoms with Crippen molar-refractivity contribution in [2.75, 3.05) is 13.2 Å². The van der Waals surface area contributed by atoms with Gasteiger partial charge in [-0.2, -0.15) is 0 Å². The Hall–Kier alpha value is -1.72. The smallest absolute Gasteiger partial charge is 0.410 e. The van der Waals surface area contributed by atoms with Crippen LogP contribution in [0.1, 0.15) is 112 Å². The van der Waals surface area contributed by atoms with Crippen molar-refractivity contribution in [3.8, 4) is 0 Å². The van der Waals surface area contributed by atoms with Crippen molar-refractivity contribution >= 4 is 6.09 Å². The molecule has 7 heteroatoms. The van der Waals surface area contributed by atoms with E-state index in [0.717, 1.165) is 63.3 Å². The molecule has 7 nitrogen and oxygen atoms in total. The van der Waals surface area contributed by atoms with Crippen molar-refractivity contribution in [1.82, 2.24) is 4.90 Å². The quantitative estimate of drug-likeness (QED) is 0.115. The first-order valence-electron chi connectivity index (χ1n) is 16.5. The van der Waals surface area contributed by atoms with E-state index in [1.807, 2.05) is 4.90 Å². The molecule has 0 radical (unpaired) electrons. The number of amides is 1. The zero-order valence-corrected chi connectivity index (χ0v) is 25.6. The van der Waals surface area contributed by atoms with Crippen molar-refractivity contribution in [1.29, 1.82) is 0 Å². The highest BCUT2D eigenvalue weighted by molar-refractivity contribution is 5.68. The molecule has 2 aliphatic heterocycles. The van der Waals surface area contributed by atoms with E-state index in [2.05, 4.69) is 44.6 Å². The van der Waals surface area contributed by atoms with Crippen LogP contribution in [0.3, 0.4) is 0 Å². The van der Waals surface area contributed by atoms with Crippen LogP contribution in [-0.4, -0.2) is 47.9 Å². The Morgan fingerprint density at radius 3 is 2.80 bits per heavy atom. The van der Waals surface area contributed by atoms with Gasteiger partial charge in [-0.25, -0.2) is 4.79 Å². The number of carbonyl (C=O) groups excluding carboxylic acids is 1. The molecule has 4 aliphatic carbocycles. The Labute approximate surface area is 241 Å². The third-order valence-corrected chi connectivity index (χ3v) is 12.9. The van der Waals surface area contributed by atoms with Crippen LogP contribution < -0.4 is 0 Å². The number of fused-ring (bicyclic) bond motifs is 6. The number of hydrogen-bond donors (Lipinski definition) is 0. The third-order valence-electron chi connectivity index (χ3n) is 12.9. The Bertz CT molecular complexity index is 1070. The number of likely N-dealkylation sites (tertiary alicyclic amines) is 1. The molecule has 5 fully saturated rings. The van der Waals surface area contributed by atoms with Gasteiger partial charge in [0.25, 0.3) is 0 Å². The summed E-state index contributed by atoms with van der Waals surface area (Å²) in [5.74, 6) is 3.65. The van der Waals surface area contributed by atoms with E-state index < -0.39 is 0 Å². The van der Waals surface area contributed by atoms with Gasteiger partial charge in [-0.15, -0.1) is 0 Å². The summed E-state index contributed by atoms with van der Waals surface area (Å²) < 4.78 is 12.9. The van der Waals surface area contributed by atoms with E-state index in [1.54, 1.807) is 11.1 Å². The van der Waals surface area contributed by atoms with E-state index in [1.165, 1.54) is 32.1 Å². The van der Waals surface area contributed by atoms with Gasteiger partial charge in [0.2, 0.25) is 0 Å². The Morgan fingerprint density at radius 2 is 2.02 bits per heavy atom. The number of allylic oxidation sites excluding steroid dienone is 1. The molecule has 0 aromatic heterocycles. The van der Waals surface area contributed by atoms with Crippen LogP contribution in [0, 0.1) is 40.9 Å². The fourth-order valence-corrected chi connectivity index (χ4v) is 10.8. The van der Waals surface area contributed by atoms with Crippen molar-refractivity contribution < 1.29 is 14.3 Å². The van der Waals surface area contributed by atoms with E-state index in [4.69, 9.17) is 15.0 Å². The predicted molar refractivity (Wildman–Crippen MR) is 157 cm³/mol. The second-order valence-electron chi connectivity index (χ2n) is 15.0. The molecular formula is C33H52N4O3. The second kappa shape index (κ2) is 10.8. The highest BCUT2D eigenvalue weighted by Gasteiger charge is 2.60. The van der Waals surface area contributed by atoms with Gasteiger partial charge in [-0.05, 0) is 118 Å². The number of carbonyl (C=O) groups is 1. The van der Waals surface area contributed by atoms with Crippen molar-refractivity contribution in [3.63, 3.8) is 0 Å². The lowest BCUT2D eigenvalue weighted by atomic mass is 9.52. The van der Waals surface area contributed by atoms with Crippen LogP contribution in [-0.2, 0) is 9.47 Å². The highest BCUT2D eigenvalue weighted by Crippen LogP contribution is 2.65. The Balaban J connectivity index is 1.22. The summed E-state index contributed by atoms with van der Waals surface area (Å²) in [5.41, 5.74) is 12.5. The molecule has 3 saturated carbocycles. The SMILES string of the molecule is CCCCOC(=O)N1C[C@@H](C)C[C@H]2O[C@]3(CC[C@@H]4C(=C(C)C3)C[C@H]3[C@H]4CC[C@@H]4C[C@H](N=[N+]=[N-])CC[C@@]43C)[C@H](C)[C@@H]21. The third kappa shape index (κ3) is 4.58. The Morgan fingerprint density at radius 1 is 1.20 bits per heavy atom. The molecule has 1 spiro atoms. The molecule has 6 rings (SSSR count). The van der Waals surface area contributed by atoms with Gasteiger partial charge < -0.3 is 14.4 Å². The molecule has 0 N–H and O–H groups in total. The van der Waals surface area contributed by atoms with Crippen LogP contribution in [0.2, 0.25) is 0 Å². The average Bonchev–Trinajstić information content (AvgIpc) is 3.38. The van der Waals surface area contributed by atoms with Crippen LogP contribution in [0.4, 0.5) is 4.79 Å². The average molecular weight is 553 g/mol. The summed E-state index contributed by atoms with van der Waals surface area (Å²) in [7, 11) is 0. The number of azide groups is 1. The maximum atomic E-state index is 13.2. The second-order valence-corrected chi connectivity index (χ2v) is 15.0. The van der Waals surface area contributed by atoms with Gasteiger partial charge in [-0.3, -0.25) is 0 Å². The standard InChI is InChI=1S/C33H52N4O3/c1-6-7-14-39-31(38)37-19-20(2)15-29-30(37)22(4)33(40-29)13-11-25-26-9-8-23-16-24(35-36-34)10-12-32(23,5)28(26)17-27(25)21(3)18-33/h20,22-26,28-30H,6-19H2,1-5H3/t20-,22+,23+,24+,25-,26-,28-,29+,30-,32-,33-/m0/s1. The maximum Gasteiger partial charge on any atom is 0.410 e. The number of ether oxygens (including phenoxy) is 2. The molecular weight excluding hydrogens is 500 g/mol. The van der Waals surface area contributed by atoms with Crippen LogP contribution in [0.25, 0.3) is 10.4 Å². The molecule has 11 atom stereocenters. The summed E-state index contributed by atoms with van der Waals surface area (Å²) in [6, 6.07) is 0.317. The van der Waals surface area contributed by atoms with Crippen molar-refractivity contribution in [2.24, 2.45) is 46.0 Å². The summed E-state index contributed by atoms with van der Waals surface area (Å²) in [5, 5.41) is 4.13. The number of nitrogens with zero attached hydrogens (tertiary/aromatic N) is 4. The number of unbranched alkanes of at least 4 members (excludes halogenated alkanes) is 1. The zero-order chi connectivity index (χ0) is 28.2. The predicted octanol–water partition coefficient (Wildman–Crippen LogP) is 8.44. The maximum absolute atomic E-state index is 13.2. The first-order chi connectivity index (χ1) is 19.2. The molecule has 0 aromatic rings. The monoisotopic (exact) mass is 552 g/mol. The molecule has 0 bridgehead atoms. The molecule has 2 heterocycles. The fraction of sp³-hybridized carbons (Fsp3) is 0.909. The van der Waals surface area contributed by atoms with Gasteiger partial charge in [-0.1, -0.05) is 50.4 Å². The highest BCUT2D eigenvalue weighted by atomic mass is 16.6. The molecule has 0 aromatic carbocycles. The lowest BCUT2D eigenvalue weighted by Gasteiger charge is -2.53. The molecule has 1 amide bonds. The zero-order valence-electron chi connectivity index (χ0n) is 25.6. The lowest BCUT2D eigenvalue weighted by molar-refractivity contribution is -0.0801. The lowest BCUT2D eigenvalue weighted by Crippen LogP contribution is -2.54.